The van der Waals surface area contributed by atoms with E-state index >= 15 is 0 Å². The second kappa shape index (κ2) is 5.67. The van der Waals surface area contributed by atoms with Crippen LogP contribution in [0.25, 0.3) is 0 Å². The Bertz CT molecular complexity index is 430. The number of pyridine rings is 1. The molecule has 5 heteroatoms. The van der Waals surface area contributed by atoms with Crippen molar-refractivity contribution in [2.24, 2.45) is 0 Å². The van der Waals surface area contributed by atoms with Crippen LogP contribution in [0.1, 0.15) is 29.4 Å². The van der Waals surface area contributed by atoms with Crippen LogP contribution in [0.3, 0.4) is 0 Å². The Balaban J connectivity index is 2.15. The van der Waals surface area contributed by atoms with Crippen molar-refractivity contribution in [1.82, 2.24) is 9.88 Å². The third kappa shape index (κ3) is 3.00. The predicted octanol–water partition coefficient (Wildman–Crippen LogP) is 2.29. The van der Waals surface area contributed by atoms with E-state index in [-0.39, 0.29) is 12.0 Å². The summed E-state index contributed by atoms with van der Waals surface area (Å²) in [4.78, 5) is 18.2. The van der Waals surface area contributed by atoms with Crippen molar-refractivity contribution in [2.75, 3.05) is 19.7 Å². The third-order valence-corrected chi connectivity index (χ3v) is 3.24. The fourth-order valence-electron chi connectivity index (χ4n) is 2.08. The first-order valence-corrected chi connectivity index (χ1v) is 6.53. The van der Waals surface area contributed by atoms with Crippen LogP contribution in [-0.4, -0.2) is 41.6 Å². The van der Waals surface area contributed by atoms with Gasteiger partial charge in [-0.2, -0.15) is 0 Å². The van der Waals surface area contributed by atoms with E-state index in [4.69, 9.17) is 16.3 Å². The summed E-state index contributed by atoms with van der Waals surface area (Å²) in [6.45, 7) is 5.77. The van der Waals surface area contributed by atoms with E-state index < -0.39 is 0 Å². The highest BCUT2D eigenvalue weighted by atomic mass is 35.5. The number of carbonyl (C=O) groups is 1. The normalized spacial score (nSPS) is 19.9. The zero-order chi connectivity index (χ0) is 13.1. The number of hydrogen-bond donors (Lipinski definition) is 0. The molecule has 0 radical (unpaired) electrons. The Morgan fingerprint density at radius 2 is 2.39 bits per heavy atom. The second-order valence-corrected chi connectivity index (χ2v) is 4.86. The second-order valence-electron chi connectivity index (χ2n) is 4.47. The molecular weight excluding hydrogens is 252 g/mol. The van der Waals surface area contributed by atoms with Gasteiger partial charge in [-0.15, -0.1) is 0 Å². The van der Waals surface area contributed by atoms with Gasteiger partial charge in [0.05, 0.1) is 12.7 Å². The van der Waals surface area contributed by atoms with Gasteiger partial charge in [-0.3, -0.25) is 4.79 Å². The molecule has 1 unspecified atom stereocenters. The lowest BCUT2D eigenvalue weighted by Crippen LogP contribution is -2.45. The highest BCUT2D eigenvalue weighted by Crippen LogP contribution is 2.15. The van der Waals surface area contributed by atoms with Crippen LogP contribution in [-0.2, 0) is 4.74 Å². The average molecular weight is 269 g/mol. The first-order chi connectivity index (χ1) is 8.60. The first kappa shape index (κ1) is 13.3. The standard InChI is InChI=1S/C13H17ClN2O2/c1-3-11-8-16(4-5-18-11)13(17)10-6-9(2)15-12(14)7-10/h6-7,11H,3-5,8H2,1-2H3. The van der Waals surface area contributed by atoms with Crippen LogP contribution < -0.4 is 0 Å². The van der Waals surface area contributed by atoms with E-state index in [9.17, 15) is 4.79 Å². The summed E-state index contributed by atoms with van der Waals surface area (Å²) in [6, 6.07) is 3.39. The van der Waals surface area contributed by atoms with Crippen molar-refractivity contribution in [3.05, 3.63) is 28.5 Å². The maximum absolute atomic E-state index is 12.3. The smallest absolute Gasteiger partial charge is 0.254 e. The predicted molar refractivity (Wildman–Crippen MR) is 69.9 cm³/mol. The number of aromatic nitrogens is 1. The maximum atomic E-state index is 12.3. The molecule has 1 aliphatic heterocycles. The molecule has 0 N–H and O–H groups in total. The summed E-state index contributed by atoms with van der Waals surface area (Å²) in [6.07, 6.45) is 1.06. The van der Waals surface area contributed by atoms with E-state index in [0.717, 1.165) is 12.1 Å². The number of rotatable bonds is 2. The van der Waals surface area contributed by atoms with E-state index in [1.165, 1.54) is 0 Å². The van der Waals surface area contributed by atoms with Gasteiger partial charge in [0, 0.05) is 24.3 Å². The Morgan fingerprint density at radius 3 is 3.06 bits per heavy atom. The number of carbonyl (C=O) groups excluding carboxylic acids is 1. The highest BCUT2D eigenvalue weighted by molar-refractivity contribution is 6.29. The molecule has 1 aromatic rings. The van der Waals surface area contributed by atoms with Crippen molar-refractivity contribution in [2.45, 2.75) is 26.4 Å². The van der Waals surface area contributed by atoms with Crippen LogP contribution in [0.15, 0.2) is 12.1 Å². The summed E-state index contributed by atoms with van der Waals surface area (Å²) in [5.41, 5.74) is 1.36. The maximum Gasteiger partial charge on any atom is 0.254 e. The number of amides is 1. The Hall–Kier alpha value is -1.13. The lowest BCUT2D eigenvalue weighted by molar-refractivity contribution is -0.0226. The van der Waals surface area contributed by atoms with E-state index in [1.807, 2.05) is 11.8 Å². The first-order valence-electron chi connectivity index (χ1n) is 6.15. The Kier molecular flexibility index (Phi) is 4.19. The summed E-state index contributed by atoms with van der Waals surface area (Å²) in [5, 5.41) is 0.360. The van der Waals surface area contributed by atoms with Crippen LogP contribution >= 0.6 is 11.6 Å². The van der Waals surface area contributed by atoms with Crippen molar-refractivity contribution in [3.8, 4) is 0 Å². The molecule has 1 aliphatic rings. The zero-order valence-corrected chi connectivity index (χ0v) is 11.4. The molecule has 1 saturated heterocycles. The lowest BCUT2D eigenvalue weighted by atomic mass is 10.1. The van der Waals surface area contributed by atoms with Crippen LogP contribution in [0.4, 0.5) is 0 Å². The summed E-state index contributed by atoms with van der Waals surface area (Å²) in [5.74, 6) is 0.00384. The Morgan fingerprint density at radius 1 is 1.61 bits per heavy atom. The number of morpholine rings is 1. The SMILES string of the molecule is CCC1CN(C(=O)c2cc(C)nc(Cl)c2)CCO1. The Labute approximate surface area is 112 Å². The van der Waals surface area contributed by atoms with Crippen LogP contribution in [0.5, 0.6) is 0 Å². The van der Waals surface area contributed by atoms with Crippen LogP contribution in [0.2, 0.25) is 5.15 Å². The molecule has 0 spiro atoms. The molecule has 0 bridgehead atoms. The summed E-state index contributed by atoms with van der Waals surface area (Å²) in [7, 11) is 0. The summed E-state index contributed by atoms with van der Waals surface area (Å²) < 4.78 is 5.56. The molecule has 0 saturated carbocycles. The molecular formula is C13H17ClN2O2. The molecule has 1 amide bonds. The zero-order valence-electron chi connectivity index (χ0n) is 10.6. The quantitative estimate of drug-likeness (QED) is 0.773. The highest BCUT2D eigenvalue weighted by Gasteiger charge is 2.24. The van der Waals surface area contributed by atoms with Gasteiger partial charge in [-0.25, -0.2) is 4.98 Å². The molecule has 98 valence electrons. The van der Waals surface area contributed by atoms with E-state index in [1.54, 1.807) is 12.1 Å². The van der Waals surface area contributed by atoms with Gasteiger partial charge in [0.25, 0.3) is 5.91 Å². The fourth-order valence-corrected chi connectivity index (χ4v) is 2.34. The number of nitrogens with zero attached hydrogens (tertiary/aromatic N) is 2. The minimum atomic E-state index is 0.00384. The van der Waals surface area contributed by atoms with E-state index in [0.29, 0.717) is 30.4 Å². The number of hydrogen-bond acceptors (Lipinski definition) is 3. The third-order valence-electron chi connectivity index (χ3n) is 3.05. The molecule has 1 aromatic heterocycles. The van der Waals surface area contributed by atoms with Gasteiger partial charge in [0.1, 0.15) is 5.15 Å². The minimum absolute atomic E-state index is 0.00384. The van der Waals surface area contributed by atoms with Gasteiger partial charge in [0.2, 0.25) is 0 Å². The number of halogens is 1. The topological polar surface area (TPSA) is 42.4 Å². The largest absolute Gasteiger partial charge is 0.375 e. The molecule has 2 heterocycles. The lowest BCUT2D eigenvalue weighted by Gasteiger charge is -2.32. The number of ether oxygens (including phenoxy) is 1. The van der Waals surface area contributed by atoms with Crippen molar-refractivity contribution in [1.29, 1.82) is 0 Å². The molecule has 18 heavy (non-hydrogen) atoms. The monoisotopic (exact) mass is 268 g/mol. The van der Waals surface area contributed by atoms with Gasteiger partial charge >= 0.3 is 0 Å². The minimum Gasteiger partial charge on any atom is -0.375 e. The fraction of sp³-hybridized carbons (Fsp3) is 0.538. The van der Waals surface area contributed by atoms with Crippen molar-refractivity contribution < 1.29 is 9.53 Å². The van der Waals surface area contributed by atoms with E-state index in [2.05, 4.69) is 11.9 Å². The van der Waals surface area contributed by atoms with Gasteiger partial charge in [0.15, 0.2) is 0 Å². The molecule has 0 aromatic carbocycles. The van der Waals surface area contributed by atoms with Gasteiger partial charge in [-0.05, 0) is 25.5 Å². The van der Waals surface area contributed by atoms with Crippen LogP contribution in [0, 0.1) is 6.92 Å². The summed E-state index contributed by atoms with van der Waals surface area (Å²) >= 11 is 5.88. The van der Waals surface area contributed by atoms with Gasteiger partial charge in [-0.1, -0.05) is 18.5 Å². The van der Waals surface area contributed by atoms with Crippen molar-refractivity contribution in [3.63, 3.8) is 0 Å². The molecule has 2 rings (SSSR count). The molecule has 1 atom stereocenters. The average Bonchev–Trinajstić information content (AvgIpc) is 2.37. The number of aryl methyl sites for hydroxylation is 1. The van der Waals surface area contributed by atoms with Crippen molar-refractivity contribution >= 4 is 17.5 Å². The molecule has 1 fully saturated rings. The molecule has 0 aliphatic carbocycles. The molecule has 4 nitrogen and oxygen atoms in total. The van der Waals surface area contributed by atoms with Gasteiger partial charge < -0.3 is 9.64 Å².